The van der Waals surface area contributed by atoms with Gasteiger partial charge in [0.2, 0.25) is 5.78 Å². The molecule has 30 heavy (non-hydrogen) atoms. The molecule has 0 aromatic heterocycles. The van der Waals surface area contributed by atoms with Gasteiger partial charge in [-0.25, -0.2) is 9.40 Å². The van der Waals surface area contributed by atoms with Crippen LogP contribution in [0.15, 0.2) is 76.3 Å². The maximum Gasteiger partial charge on any atom is 0.251 e. The van der Waals surface area contributed by atoms with Crippen LogP contribution < -0.4 is 4.74 Å². The number of nitrogens with zero attached hydrogens (tertiary/aromatic N) is 2. The molecule has 7 heteroatoms. The Bertz CT molecular complexity index is 1160. The van der Waals surface area contributed by atoms with Crippen molar-refractivity contribution < 1.29 is 13.9 Å². The molecule has 0 unspecified atom stereocenters. The highest BCUT2D eigenvalue weighted by Crippen LogP contribution is 2.44. The fourth-order valence-corrected chi connectivity index (χ4v) is 4.31. The maximum atomic E-state index is 13.3. The predicted octanol–water partition coefficient (Wildman–Crippen LogP) is 5.99. The van der Waals surface area contributed by atoms with Crippen molar-refractivity contribution in [3.63, 3.8) is 0 Å². The SMILES string of the molecule is O=C(c1ccc(F)cc1)[C@@H]1Oc2ccc(Br)cc2[C@H]2CC(c3ccc(Cl)cc3)=NN21. The zero-order chi connectivity index (χ0) is 20.8. The number of fused-ring (bicyclic) bond motifs is 3. The highest BCUT2D eigenvalue weighted by molar-refractivity contribution is 9.10. The van der Waals surface area contributed by atoms with E-state index in [9.17, 15) is 9.18 Å². The smallest absolute Gasteiger partial charge is 0.251 e. The molecule has 150 valence electrons. The van der Waals surface area contributed by atoms with E-state index in [4.69, 9.17) is 21.4 Å². The van der Waals surface area contributed by atoms with Crippen LogP contribution in [0.2, 0.25) is 5.02 Å². The number of ketones is 1. The second kappa shape index (κ2) is 7.52. The number of hydrogen-bond acceptors (Lipinski definition) is 4. The van der Waals surface area contributed by atoms with Gasteiger partial charge in [0.15, 0.2) is 0 Å². The molecule has 2 atom stereocenters. The molecule has 0 spiro atoms. The lowest BCUT2D eigenvalue weighted by molar-refractivity contribution is -0.00459. The van der Waals surface area contributed by atoms with Crippen molar-refractivity contribution in [2.24, 2.45) is 5.10 Å². The fraction of sp³-hybridized carbons (Fsp3) is 0.130. The molecule has 2 aliphatic rings. The van der Waals surface area contributed by atoms with Gasteiger partial charge in [0.05, 0.1) is 11.8 Å². The molecule has 3 aromatic carbocycles. The predicted molar refractivity (Wildman–Crippen MR) is 116 cm³/mol. The Balaban J connectivity index is 1.57. The first-order valence-electron chi connectivity index (χ1n) is 9.37. The fourth-order valence-electron chi connectivity index (χ4n) is 3.80. The van der Waals surface area contributed by atoms with Crippen molar-refractivity contribution in [3.8, 4) is 5.75 Å². The van der Waals surface area contributed by atoms with Gasteiger partial charge in [-0.3, -0.25) is 4.79 Å². The Morgan fingerprint density at radius 1 is 1.10 bits per heavy atom. The van der Waals surface area contributed by atoms with Crippen molar-refractivity contribution in [2.75, 3.05) is 0 Å². The van der Waals surface area contributed by atoms with Crippen LogP contribution in [-0.4, -0.2) is 22.7 Å². The number of halogens is 3. The second-order valence-corrected chi connectivity index (χ2v) is 8.53. The Kier molecular flexibility index (Phi) is 4.83. The van der Waals surface area contributed by atoms with Crippen LogP contribution in [0.5, 0.6) is 5.75 Å². The van der Waals surface area contributed by atoms with E-state index in [0.29, 0.717) is 22.8 Å². The van der Waals surface area contributed by atoms with E-state index in [1.54, 1.807) is 5.01 Å². The van der Waals surface area contributed by atoms with Crippen LogP contribution in [0.3, 0.4) is 0 Å². The van der Waals surface area contributed by atoms with Crippen molar-refractivity contribution in [1.29, 1.82) is 0 Å². The molecule has 0 radical (unpaired) electrons. The lowest BCUT2D eigenvalue weighted by Gasteiger charge is -2.37. The Labute approximate surface area is 186 Å². The van der Waals surface area contributed by atoms with Gasteiger partial charge in [0.1, 0.15) is 11.6 Å². The first-order valence-corrected chi connectivity index (χ1v) is 10.5. The summed E-state index contributed by atoms with van der Waals surface area (Å²) in [6, 6.07) is 18.5. The van der Waals surface area contributed by atoms with Crippen LogP contribution in [0.4, 0.5) is 4.39 Å². The summed E-state index contributed by atoms with van der Waals surface area (Å²) in [5, 5.41) is 7.12. The van der Waals surface area contributed by atoms with E-state index in [2.05, 4.69) is 15.9 Å². The van der Waals surface area contributed by atoms with Gasteiger partial charge in [-0.2, -0.15) is 5.10 Å². The summed E-state index contributed by atoms with van der Waals surface area (Å²) in [7, 11) is 0. The van der Waals surface area contributed by atoms with E-state index >= 15 is 0 Å². The minimum absolute atomic E-state index is 0.147. The first kappa shape index (κ1) is 19.3. The molecule has 0 N–H and O–H groups in total. The number of Topliss-reactive ketones (excluding diaryl/α,β-unsaturated/α-hetero) is 1. The van der Waals surface area contributed by atoms with Crippen molar-refractivity contribution in [3.05, 3.63) is 98.7 Å². The third-order valence-corrected chi connectivity index (χ3v) is 6.03. The summed E-state index contributed by atoms with van der Waals surface area (Å²) in [5.41, 5.74) is 3.12. The van der Waals surface area contributed by atoms with E-state index in [1.807, 2.05) is 42.5 Å². The van der Waals surface area contributed by atoms with E-state index < -0.39 is 12.0 Å². The lowest BCUT2D eigenvalue weighted by Crippen LogP contribution is -2.45. The molecule has 0 saturated heterocycles. The summed E-state index contributed by atoms with van der Waals surface area (Å²) in [6.45, 7) is 0. The molecule has 0 bridgehead atoms. The first-order chi connectivity index (χ1) is 14.5. The van der Waals surface area contributed by atoms with E-state index in [0.717, 1.165) is 21.3 Å². The molecular weight excluding hydrogens is 471 g/mol. The molecule has 2 heterocycles. The van der Waals surface area contributed by atoms with Gasteiger partial charge in [-0.1, -0.05) is 39.7 Å². The molecule has 0 saturated carbocycles. The number of benzene rings is 3. The normalized spacial score (nSPS) is 19.6. The Morgan fingerprint density at radius 3 is 2.57 bits per heavy atom. The van der Waals surface area contributed by atoms with E-state index in [-0.39, 0.29) is 11.8 Å². The molecule has 0 fully saturated rings. The minimum Gasteiger partial charge on any atom is -0.461 e. The standard InChI is InChI=1S/C23H15BrClFN2O2/c24-15-5-10-21-18(11-15)20-12-19(13-1-6-16(25)7-2-13)27-28(20)23(30-21)22(29)14-3-8-17(26)9-4-14/h1-11,20,23H,12H2/t20-,23+/m1/s1. The van der Waals surface area contributed by atoms with Gasteiger partial charge < -0.3 is 4.74 Å². The van der Waals surface area contributed by atoms with Gasteiger partial charge in [0, 0.05) is 27.0 Å². The lowest BCUT2D eigenvalue weighted by atomic mass is 9.96. The molecule has 4 nitrogen and oxygen atoms in total. The summed E-state index contributed by atoms with van der Waals surface area (Å²) in [5.74, 6) is -0.0180. The summed E-state index contributed by atoms with van der Waals surface area (Å²) in [4.78, 5) is 13.2. The third-order valence-electron chi connectivity index (χ3n) is 5.28. The summed E-state index contributed by atoms with van der Waals surface area (Å²) in [6.07, 6.45) is -0.305. The molecular formula is C23H15BrClFN2O2. The van der Waals surface area contributed by atoms with Crippen molar-refractivity contribution in [2.45, 2.75) is 18.7 Å². The molecule has 0 aliphatic carbocycles. The number of hydrogen-bond donors (Lipinski definition) is 0. The second-order valence-electron chi connectivity index (χ2n) is 7.18. The van der Waals surface area contributed by atoms with Crippen molar-refractivity contribution in [1.82, 2.24) is 5.01 Å². The quantitative estimate of drug-likeness (QED) is 0.428. The van der Waals surface area contributed by atoms with E-state index in [1.165, 1.54) is 24.3 Å². The number of hydrazone groups is 1. The van der Waals surface area contributed by atoms with Gasteiger partial charge >= 0.3 is 0 Å². The van der Waals surface area contributed by atoms with Crippen LogP contribution in [0.1, 0.15) is 33.9 Å². The van der Waals surface area contributed by atoms with Gasteiger partial charge in [-0.05, 0) is 60.2 Å². The highest BCUT2D eigenvalue weighted by Gasteiger charge is 2.43. The average molecular weight is 486 g/mol. The van der Waals surface area contributed by atoms with Crippen LogP contribution in [0.25, 0.3) is 0 Å². The summed E-state index contributed by atoms with van der Waals surface area (Å²) < 4.78 is 20.3. The number of rotatable bonds is 3. The zero-order valence-electron chi connectivity index (χ0n) is 15.6. The largest absolute Gasteiger partial charge is 0.461 e. The summed E-state index contributed by atoms with van der Waals surface area (Å²) >= 11 is 9.54. The van der Waals surface area contributed by atoms with Crippen LogP contribution >= 0.6 is 27.5 Å². The maximum absolute atomic E-state index is 13.3. The molecule has 3 aromatic rings. The highest BCUT2D eigenvalue weighted by atomic mass is 79.9. The van der Waals surface area contributed by atoms with Gasteiger partial charge in [0.25, 0.3) is 6.23 Å². The topological polar surface area (TPSA) is 41.9 Å². The van der Waals surface area contributed by atoms with Crippen LogP contribution in [-0.2, 0) is 0 Å². The molecule has 5 rings (SSSR count). The zero-order valence-corrected chi connectivity index (χ0v) is 17.9. The van der Waals surface area contributed by atoms with Crippen molar-refractivity contribution >= 4 is 39.0 Å². The number of carbonyl (C=O) groups is 1. The Morgan fingerprint density at radius 2 is 1.83 bits per heavy atom. The van der Waals surface area contributed by atoms with Gasteiger partial charge in [-0.15, -0.1) is 0 Å². The molecule has 2 aliphatic heterocycles. The molecule has 0 amide bonds. The average Bonchev–Trinajstić information content (AvgIpc) is 3.19. The monoisotopic (exact) mass is 484 g/mol. The Hall–Kier alpha value is -2.70. The van der Waals surface area contributed by atoms with Crippen LogP contribution in [0, 0.1) is 5.82 Å². The third kappa shape index (κ3) is 3.40. The minimum atomic E-state index is -0.932. The number of ether oxygens (including phenoxy) is 1. The number of carbonyl (C=O) groups excluding carboxylic acids is 1.